The summed E-state index contributed by atoms with van der Waals surface area (Å²) < 4.78 is 15.1. The monoisotopic (exact) mass is 240 g/mol. The minimum absolute atomic E-state index is 0.0742. The van der Waals surface area contributed by atoms with Crippen molar-refractivity contribution in [3.8, 4) is 17.2 Å². The average Bonchev–Trinajstić information content (AvgIpc) is 2.28. The molecule has 0 radical (unpaired) electrons. The van der Waals surface area contributed by atoms with Crippen LogP contribution in [0.25, 0.3) is 0 Å². The Bertz CT molecular complexity index is 425. The van der Waals surface area contributed by atoms with Crippen LogP contribution in [0.2, 0.25) is 0 Å². The Kier molecular flexibility index (Phi) is 4.20. The predicted molar refractivity (Wildman–Crippen MR) is 61.9 cm³/mol. The van der Waals surface area contributed by atoms with Crippen molar-refractivity contribution in [3.63, 3.8) is 0 Å². The Hall–Kier alpha value is -1.91. The smallest absolute Gasteiger partial charge is 0.342 e. The van der Waals surface area contributed by atoms with Gasteiger partial charge in [-0.15, -0.1) is 0 Å². The zero-order valence-corrected chi connectivity index (χ0v) is 10.4. The van der Waals surface area contributed by atoms with Gasteiger partial charge in [-0.1, -0.05) is 0 Å². The molecule has 0 fully saturated rings. The maximum absolute atomic E-state index is 11.8. The number of hydrogen-bond acceptors (Lipinski definition) is 5. The molecule has 0 unspecified atom stereocenters. The summed E-state index contributed by atoms with van der Waals surface area (Å²) in [5.41, 5.74) is 0.836. The van der Waals surface area contributed by atoms with Crippen LogP contribution in [-0.2, 0) is 4.74 Å². The van der Waals surface area contributed by atoms with E-state index in [2.05, 4.69) is 0 Å². The maximum Gasteiger partial charge on any atom is 0.342 e. The highest BCUT2D eigenvalue weighted by Gasteiger charge is 2.23. The van der Waals surface area contributed by atoms with E-state index in [4.69, 9.17) is 14.2 Å². The third-order valence-corrected chi connectivity index (χ3v) is 2.30. The second-order valence-electron chi connectivity index (χ2n) is 3.37. The number of aryl methyl sites for hydroxylation is 1. The van der Waals surface area contributed by atoms with Crippen LogP contribution in [0.15, 0.2) is 6.07 Å². The molecule has 1 N–H and O–H groups in total. The molecule has 0 saturated heterocycles. The van der Waals surface area contributed by atoms with Gasteiger partial charge in [0.25, 0.3) is 0 Å². The zero-order valence-electron chi connectivity index (χ0n) is 10.4. The summed E-state index contributed by atoms with van der Waals surface area (Å²) in [7, 11) is 2.79. The van der Waals surface area contributed by atoms with E-state index in [1.165, 1.54) is 20.3 Å². The molecule has 0 spiro atoms. The van der Waals surface area contributed by atoms with E-state index in [0.29, 0.717) is 5.56 Å². The van der Waals surface area contributed by atoms with Crippen molar-refractivity contribution in [1.29, 1.82) is 0 Å². The molecule has 0 bridgehead atoms. The number of carbonyl (C=O) groups is 1. The van der Waals surface area contributed by atoms with Crippen LogP contribution in [0.3, 0.4) is 0 Å². The van der Waals surface area contributed by atoms with Gasteiger partial charge in [-0.25, -0.2) is 4.79 Å². The Morgan fingerprint density at radius 2 is 1.88 bits per heavy atom. The first kappa shape index (κ1) is 13.2. The molecule has 5 nitrogen and oxygen atoms in total. The molecule has 0 aliphatic carbocycles. The zero-order chi connectivity index (χ0) is 13.0. The largest absolute Gasteiger partial charge is 0.504 e. The number of benzene rings is 1. The number of aromatic hydroxyl groups is 1. The summed E-state index contributed by atoms with van der Waals surface area (Å²) in [6.07, 6.45) is 0. The molecular weight excluding hydrogens is 224 g/mol. The highest BCUT2D eigenvalue weighted by atomic mass is 16.5. The molecule has 17 heavy (non-hydrogen) atoms. The Labute approximate surface area is 99.9 Å². The average molecular weight is 240 g/mol. The van der Waals surface area contributed by atoms with Gasteiger partial charge >= 0.3 is 5.97 Å². The summed E-state index contributed by atoms with van der Waals surface area (Å²) in [5.74, 6) is -0.264. The van der Waals surface area contributed by atoms with Gasteiger partial charge in [-0.2, -0.15) is 0 Å². The molecule has 1 rings (SSSR count). The Morgan fingerprint density at radius 1 is 1.29 bits per heavy atom. The number of carbonyl (C=O) groups excluding carboxylic acids is 1. The number of esters is 1. The van der Waals surface area contributed by atoms with E-state index >= 15 is 0 Å². The van der Waals surface area contributed by atoms with Gasteiger partial charge in [0.05, 0.1) is 20.8 Å². The standard InChI is InChI=1S/C12H16O5/c1-5-17-12(14)9-7(2)6-8(13)10(15-3)11(9)16-4/h6,13H,5H2,1-4H3. The van der Waals surface area contributed by atoms with E-state index in [1.54, 1.807) is 13.8 Å². The van der Waals surface area contributed by atoms with Crippen molar-refractivity contribution in [2.45, 2.75) is 13.8 Å². The van der Waals surface area contributed by atoms with Crippen LogP contribution in [0.4, 0.5) is 0 Å². The highest BCUT2D eigenvalue weighted by molar-refractivity contribution is 5.96. The summed E-state index contributed by atoms with van der Waals surface area (Å²) in [5, 5.41) is 9.68. The molecule has 1 aromatic rings. The molecule has 0 aliphatic rings. The van der Waals surface area contributed by atoms with Crippen LogP contribution in [-0.4, -0.2) is 31.9 Å². The molecule has 1 aromatic carbocycles. The van der Waals surface area contributed by atoms with Crippen molar-refractivity contribution >= 4 is 5.97 Å². The lowest BCUT2D eigenvalue weighted by Gasteiger charge is -2.15. The fourth-order valence-electron chi connectivity index (χ4n) is 1.60. The van der Waals surface area contributed by atoms with E-state index in [0.717, 1.165) is 0 Å². The van der Waals surface area contributed by atoms with Gasteiger partial charge in [0.1, 0.15) is 5.56 Å². The van der Waals surface area contributed by atoms with E-state index in [1.807, 2.05) is 0 Å². The molecule has 94 valence electrons. The molecule has 0 saturated carbocycles. The lowest BCUT2D eigenvalue weighted by atomic mass is 10.1. The number of phenolic OH excluding ortho intramolecular Hbond substituents is 1. The van der Waals surface area contributed by atoms with Crippen LogP contribution in [0, 0.1) is 6.92 Å². The summed E-state index contributed by atoms with van der Waals surface area (Å²) >= 11 is 0. The molecule has 0 atom stereocenters. The summed E-state index contributed by atoms with van der Waals surface area (Å²) in [6.45, 7) is 3.68. The predicted octanol–water partition coefficient (Wildman–Crippen LogP) is 1.89. The number of rotatable bonds is 4. The Balaban J connectivity index is 3.41. The molecule has 0 aromatic heterocycles. The highest BCUT2D eigenvalue weighted by Crippen LogP contribution is 2.41. The van der Waals surface area contributed by atoms with Crippen LogP contribution in [0.1, 0.15) is 22.8 Å². The van der Waals surface area contributed by atoms with E-state index in [9.17, 15) is 9.90 Å². The third-order valence-electron chi connectivity index (χ3n) is 2.30. The molecular formula is C12H16O5. The van der Waals surface area contributed by atoms with Gasteiger partial charge in [0.2, 0.25) is 5.75 Å². The molecule has 0 heterocycles. The van der Waals surface area contributed by atoms with E-state index < -0.39 is 5.97 Å². The van der Waals surface area contributed by atoms with Crippen LogP contribution in [0.5, 0.6) is 17.2 Å². The van der Waals surface area contributed by atoms with Crippen LogP contribution < -0.4 is 9.47 Å². The molecule has 0 amide bonds. The quantitative estimate of drug-likeness (QED) is 0.814. The minimum atomic E-state index is -0.500. The second-order valence-corrected chi connectivity index (χ2v) is 3.37. The third kappa shape index (κ3) is 2.43. The maximum atomic E-state index is 11.8. The first-order valence-corrected chi connectivity index (χ1v) is 5.18. The lowest BCUT2D eigenvalue weighted by molar-refractivity contribution is 0.0521. The SMILES string of the molecule is CCOC(=O)c1c(C)cc(O)c(OC)c1OC. The summed E-state index contributed by atoms with van der Waals surface area (Å²) in [6, 6.07) is 1.44. The van der Waals surface area contributed by atoms with Gasteiger partial charge in [0.15, 0.2) is 11.5 Å². The van der Waals surface area contributed by atoms with Gasteiger partial charge in [-0.3, -0.25) is 0 Å². The molecule has 5 heteroatoms. The first-order valence-electron chi connectivity index (χ1n) is 5.18. The minimum Gasteiger partial charge on any atom is -0.504 e. The summed E-state index contributed by atoms with van der Waals surface area (Å²) in [4.78, 5) is 11.8. The van der Waals surface area contributed by atoms with Crippen molar-refractivity contribution < 1.29 is 24.1 Å². The number of phenols is 1. The van der Waals surface area contributed by atoms with Crippen molar-refractivity contribution in [2.24, 2.45) is 0 Å². The lowest BCUT2D eigenvalue weighted by Crippen LogP contribution is -2.10. The molecule has 0 aliphatic heterocycles. The first-order chi connectivity index (χ1) is 8.06. The normalized spacial score (nSPS) is 9.88. The van der Waals surface area contributed by atoms with Crippen molar-refractivity contribution in [1.82, 2.24) is 0 Å². The van der Waals surface area contributed by atoms with Gasteiger partial charge in [0, 0.05) is 0 Å². The number of methoxy groups -OCH3 is 2. The Morgan fingerprint density at radius 3 is 2.35 bits per heavy atom. The fraction of sp³-hybridized carbons (Fsp3) is 0.417. The van der Waals surface area contributed by atoms with Gasteiger partial charge in [-0.05, 0) is 25.5 Å². The van der Waals surface area contributed by atoms with Crippen molar-refractivity contribution in [3.05, 3.63) is 17.2 Å². The topological polar surface area (TPSA) is 65.0 Å². The van der Waals surface area contributed by atoms with Crippen LogP contribution >= 0.6 is 0 Å². The second kappa shape index (κ2) is 5.43. The number of hydrogen-bond donors (Lipinski definition) is 1. The fourth-order valence-corrected chi connectivity index (χ4v) is 1.60. The van der Waals surface area contributed by atoms with Crippen molar-refractivity contribution in [2.75, 3.05) is 20.8 Å². The van der Waals surface area contributed by atoms with Gasteiger partial charge < -0.3 is 19.3 Å². The van der Waals surface area contributed by atoms with E-state index in [-0.39, 0.29) is 29.4 Å². The number of ether oxygens (including phenoxy) is 3.